The third-order valence-corrected chi connectivity index (χ3v) is 3.51. The molecule has 2 unspecified atom stereocenters. The van der Waals surface area contributed by atoms with Crippen molar-refractivity contribution in [3.05, 3.63) is 34.6 Å². The largest absolute Gasteiger partial charge is 0.317 e. The van der Waals surface area contributed by atoms with Crippen LogP contribution in [0.25, 0.3) is 0 Å². The van der Waals surface area contributed by atoms with Gasteiger partial charge in [-0.2, -0.15) is 0 Å². The number of benzene rings is 1. The maximum absolute atomic E-state index is 13.7. The summed E-state index contributed by atoms with van der Waals surface area (Å²) < 4.78 is 13.7. The number of halogens is 2. The van der Waals surface area contributed by atoms with Crippen molar-refractivity contribution in [3.8, 4) is 0 Å². The molecule has 1 N–H and O–H groups in total. The van der Waals surface area contributed by atoms with Crippen LogP contribution >= 0.6 is 11.6 Å². The average Bonchev–Trinajstić information content (AvgIpc) is 2.31. The molecule has 17 heavy (non-hydrogen) atoms. The van der Waals surface area contributed by atoms with Gasteiger partial charge in [0.05, 0.1) is 0 Å². The number of hydrogen-bond donors (Lipinski definition) is 1. The molecule has 0 aliphatic heterocycles. The number of nitrogens with one attached hydrogen (secondary N) is 1. The molecule has 2 atom stereocenters. The van der Waals surface area contributed by atoms with Crippen LogP contribution in [0.5, 0.6) is 0 Å². The topological polar surface area (TPSA) is 12.0 Å². The van der Waals surface area contributed by atoms with Gasteiger partial charge in [-0.15, -0.1) is 0 Å². The zero-order valence-electron chi connectivity index (χ0n) is 10.8. The van der Waals surface area contributed by atoms with Crippen LogP contribution in [0.1, 0.15) is 32.3 Å². The molecule has 0 saturated heterocycles. The molecular formula is C14H21ClFN. The van der Waals surface area contributed by atoms with E-state index >= 15 is 0 Å². The molecule has 3 heteroatoms. The second-order valence-electron chi connectivity index (χ2n) is 4.67. The van der Waals surface area contributed by atoms with E-state index < -0.39 is 0 Å². The van der Waals surface area contributed by atoms with Crippen LogP contribution in [-0.4, -0.2) is 13.1 Å². The van der Waals surface area contributed by atoms with E-state index in [2.05, 4.69) is 19.2 Å². The molecule has 96 valence electrons. The Balaban J connectivity index is 2.67. The highest BCUT2D eigenvalue weighted by molar-refractivity contribution is 6.30. The Hall–Kier alpha value is -0.600. The summed E-state index contributed by atoms with van der Waals surface area (Å²) in [7, 11) is 1.93. The van der Waals surface area contributed by atoms with Crippen molar-refractivity contribution in [2.45, 2.75) is 39.2 Å². The molecule has 0 bridgehead atoms. The third kappa shape index (κ3) is 4.64. The van der Waals surface area contributed by atoms with Crippen LogP contribution in [0.4, 0.5) is 4.39 Å². The van der Waals surface area contributed by atoms with Gasteiger partial charge in [-0.25, -0.2) is 4.39 Å². The van der Waals surface area contributed by atoms with Crippen molar-refractivity contribution >= 4 is 11.6 Å². The number of likely N-dealkylation sites (N-methyl/N-ethyl adjacent to an activating group) is 1. The molecule has 0 aliphatic carbocycles. The molecule has 0 aromatic heterocycles. The highest BCUT2D eigenvalue weighted by Crippen LogP contribution is 2.18. The highest BCUT2D eigenvalue weighted by atomic mass is 35.5. The normalized spacial score (nSPS) is 14.6. The van der Waals surface area contributed by atoms with Crippen LogP contribution < -0.4 is 5.32 Å². The minimum absolute atomic E-state index is 0.207. The third-order valence-electron chi connectivity index (χ3n) is 3.27. The van der Waals surface area contributed by atoms with Gasteiger partial charge in [-0.05, 0) is 43.5 Å². The van der Waals surface area contributed by atoms with E-state index in [1.165, 1.54) is 6.07 Å². The van der Waals surface area contributed by atoms with Crippen LogP contribution in [0.15, 0.2) is 18.2 Å². The lowest BCUT2D eigenvalue weighted by Gasteiger charge is -2.20. The Bertz CT molecular complexity index is 354. The molecule has 0 spiro atoms. The summed E-state index contributed by atoms with van der Waals surface area (Å²) >= 11 is 5.74. The Morgan fingerprint density at radius 3 is 2.65 bits per heavy atom. The van der Waals surface area contributed by atoms with Gasteiger partial charge in [0, 0.05) is 11.1 Å². The van der Waals surface area contributed by atoms with Crippen molar-refractivity contribution in [1.29, 1.82) is 0 Å². The molecule has 0 fully saturated rings. The molecule has 0 radical (unpaired) electrons. The summed E-state index contributed by atoms with van der Waals surface area (Å²) in [5.41, 5.74) is 0.733. The van der Waals surface area contributed by atoms with Crippen molar-refractivity contribution in [1.82, 2.24) is 5.32 Å². The summed E-state index contributed by atoms with van der Waals surface area (Å²) in [6.07, 6.45) is 2.93. The average molecular weight is 258 g/mol. The predicted molar refractivity (Wildman–Crippen MR) is 72.0 cm³/mol. The van der Waals surface area contributed by atoms with Crippen molar-refractivity contribution in [2.24, 2.45) is 5.92 Å². The van der Waals surface area contributed by atoms with E-state index in [4.69, 9.17) is 11.6 Å². The molecule has 1 aromatic carbocycles. The van der Waals surface area contributed by atoms with Gasteiger partial charge >= 0.3 is 0 Å². The van der Waals surface area contributed by atoms with Crippen LogP contribution in [0.2, 0.25) is 5.02 Å². The van der Waals surface area contributed by atoms with E-state index in [1.54, 1.807) is 12.1 Å². The summed E-state index contributed by atoms with van der Waals surface area (Å²) in [4.78, 5) is 0. The standard InChI is InChI=1S/C14H21ClFN/c1-4-10(2)7-13(17-3)8-11-5-6-12(15)9-14(11)16/h5-6,9-10,13,17H,4,7-8H2,1-3H3. The lowest BCUT2D eigenvalue weighted by Crippen LogP contribution is -2.29. The van der Waals surface area contributed by atoms with Crippen molar-refractivity contribution in [3.63, 3.8) is 0 Å². The van der Waals surface area contributed by atoms with Gasteiger partial charge in [0.15, 0.2) is 0 Å². The zero-order chi connectivity index (χ0) is 12.8. The van der Waals surface area contributed by atoms with E-state index in [0.29, 0.717) is 23.4 Å². The van der Waals surface area contributed by atoms with Gasteiger partial charge < -0.3 is 5.32 Å². The van der Waals surface area contributed by atoms with Crippen molar-refractivity contribution in [2.75, 3.05) is 7.05 Å². The van der Waals surface area contributed by atoms with E-state index in [1.807, 2.05) is 7.05 Å². The van der Waals surface area contributed by atoms with Crippen LogP contribution in [-0.2, 0) is 6.42 Å². The van der Waals surface area contributed by atoms with Crippen molar-refractivity contribution < 1.29 is 4.39 Å². The Morgan fingerprint density at radius 1 is 1.41 bits per heavy atom. The van der Waals surface area contributed by atoms with E-state index in [-0.39, 0.29) is 5.82 Å². The van der Waals surface area contributed by atoms with E-state index in [9.17, 15) is 4.39 Å². The molecule has 0 heterocycles. The highest BCUT2D eigenvalue weighted by Gasteiger charge is 2.13. The van der Waals surface area contributed by atoms with Crippen LogP contribution in [0.3, 0.4) is 0 Å². The Labute approximate surface area is 108 Å². The quantitative estimate of drug-likeness (QED) is 0.811. The minimum atomic E-state index is -0.207. The molecule has 0 amide bonds. The maximum atomic E-state index is 13.7. The van der Waals surface area contributed by atoms with Gasteiger partial charge in [0.25, 0.3) is 0 Å². The Morgan fingerprint density at radius 2 is 2.12 bits per heavy atom. The van der Waals surface area contributed by atoms with Gasteiger partial charge in [0.1, 0.15) is 5.82 Å². The first-order valence-corrected chi connectivity index (χ1v) is 6.55. The minimum Gasteiger partial charge on any atom is -0.317 e. The maximum Gasteiger partial charge on any atom is 0.127 e. The summed E-state index contributed by atoms with van der Waals surface area (Å²) in [5, 5.41) is 3.71. The predicted octanol–water partition coefficient (Wildman–Crippen LogP) is 4.05. The number of hydrogen-bond acceptors (Lipinski definition) is 1. The SMILES string of the molecule is CCC(C)CC(Cc1ccc(Cl)cc1F)NC. The lowest BCUT2D eigenvalue weighted by molar-refractivity contribution is 0.406. The summed E-state index contributed by atoms with van der Waals surface area (Å²) in [5.74, 6) is 0.449. The molecular weight excluding hydrogens is 237 g/mol. The molecule has 0 aliphatic rings. The summed E-state index contributed by atoms with van der Waals surface area (Å²) in [6, 6.07) is 5.22. The monoisotopic (exact) mass is 257 g/mol. The van der Waals surface area contributed by atoms with Gasteiger partial charge in [-0.3, -0.25) is 0 Å². The first-order valence-electron chi connectivity index (χ1n) is 6.18. The fourth-order valence-corrected chi connectivity index (χ4v) is 2.07. The fourth-order valence-electron chi connectivity index (χ4n) is 1.91. The van der Waals surface area contributed by atoms with Gasteiger partial charge in [0.2, 0.25) is 0 Å². The summed E-state index contributed by atoms with van der Waals surface area (Å²) in [6.45, 7) is 4.41. The van der Waals surface area contributed by atoms with Gasteiger partial charge in [-0.1, -0.05) is 37.9 Å². The van der Waals surface area contributed by atoms with Crippen LogP contribution in [0, 0.1) is 11.7 Å². The molecule has 0 saturated carbocycles. The Kier molecular flexibility index (Phi) is 5.93. The fraction of sp³-hybridized carbons (Fsp3) is 0.571. The zero-order valence-corrected chi connectivity index (χ0v) is 11.5. The second kappa shape index (κ2) is 6.97. The first kappa shape index (κ1) is 14.5. The number of rotatable bonds is 6. The first-order chi connectivity index (χ1) is 8.06. The smallest absolute Gasteiger partial charge is 0.127 e. The molecule has 1 aromatic rings. The second-order valence-corrected chi connectivity index (χ2v) is 5.11. The molecule has 1 nitrogen and oxygen atoms in total. The lowest BCUT2D eigenvalue weighted by atomic mass is 9.94. The molecule has 1 rings (SSSR count). The van der Waals surface area contributed by atoms with E-state index in [0.717, 1.165) is 18.4 Å².